The summed E-state index contributed by atoms with van der Waals surface area (Å²) in [5.41, 5.74) is 1.66. The first kappa shape index (κ1) is 15.0. The molecule has 3 heterocycles. The number of piperidine rings is 1. The molecule has 1 aromatic heterocycles. The minimum atomic E-state index is 0.0885. The third kappa shape index (κ3) is 3.13. The quantitative estimate of drug-likeness (QED) is 0.840. The Kier molecular flexibility index (Phi) is 4.41. The SMILES string of the molecule is CC(=O)N1CCCC(c2ccc(C(=O)N3CCCC3)cn2)C1. The molecule has 1 unspecified atom stereocenters. The first-order valence-corrected chi connectivity index (χ1v) is 8.16. The Morgan fingerprint density at radius 2 is 1.82 bits per heavy atom. The number of amides is 2. The molecule has 0 radical (unpaired) electrons. The third-order valence-corrected chi connectivity index (χ3v) is 4.71. The Morgan fingerprint density at radius 3 is 2.45 bits per heavy atom. The Bertz CT molecular complexity index is 550. The molecule has 0 aromatic carbocycles. The van der Waals surface area contributed by atoms with Crippen molar-refractivity contribution in [3.63, 3.8) is 0 Å². The zero-order chi connectivity index (χ0) is 15.5. The molecular formula is C17H23N3O2. The van der Waals surface area contributed by atoms with E-state index in [0.717, 1.165) is 57.6 Å². The molecule has 0 spiro atoms. The van der Waals surface area contributed by atoms with Gasteiger partial charge in [-0.2, -0.15) is 0 Å². The number of carbonyl (C=O) groups is 2. The maximum absolute atomic E-state index is 12.3. The van der Waals surface area contributed by atoms with Gasteiger partial charge in [0.25, 0.3) is 5.91 Å². The van der Waals surface area contributed by atoms with Crippen molar-refractivity contribution in [3.8, 4) is 0 Å². The molecule has 2 fully saturated rings. The Balaban J connectivity index is 1.68. The van der Waals surface area contributed by atoms with Gasteiger partial charge in [0.05, 0.1) is 5.56 Å². The van der Waals surface area contributed by atoms with Gasteiger partial charge < -0.3 is 9.80 Å². The zero-order valence-corrected chi connectivity index (χ0v) is 13.1. The van der Waals surface area contributed by atoms with Crippen molar-refractivity contribution in [2.45, 2.75) is 38.5 Å². The lowest BCUT2D eigenvalue weighted by molar-refractivity contribution is -0.130. The first-order chi connectivity index (χ1) is 10.6. The minimum absolute atomic E-state index is 0.0885. The second-order valence-corrected chi connectivity index (χ2v) is 6.28. The van der Waals surface area contributed by atoms with E-state index >= 15 is 0 Å². The average Bonchev–Trinajstić information content (AvgIpc) is 3.09. The monoisotopic (exact) mass is 301 g/mol. The van der Waals surface area contributed by atoms with Gasteiger partial charge in [0, 0.05) is 50.9 Å². The number of hydrogen-bond acceptors (Lipinski definition) is 3. The second-order valence-electron chi connectivity index (χ2n) is 6.28. The van der Waals surface area contributed by atoms with Crippen LogP contribution >= 0.6 is 0 Å². The normalized spacial score (nSPS) is 22.0. The van der Waals surface area contributed by atoms with Gasteiger partial charge in [0.15, 0.2) is 0 Å². The number of likely N-dealkylation sites (tertiary alicyclic amines) is 2. The summed E-state index contributed by atoms with van der Waals surface area (Å²) in [6.45, 7) is 4.92. The minimum Gasteiger partial charge on any atom is -0.342 e. The van der Waals surface area contributed by atoms with Crippen molar-refractivity contribution in [1.82, 2.24) is 14.8 Å². The molecule has 0 saturated carbocycles. The number of hydrogen-bond donors (Lipinski definition) is 0. The first-order valence-electron chi connectivity index (χ1n) is 8.16. The number of aromatic nitrogens is 1. The van der Waals surface area contributed by atoms with E-state index in [0.29, 0.717) is 5.56 Å². The molecule has 5 heteroatoms. The number of rotatable bonds is 2. The van der Waals surface area contributed by atoms with Crippen LogP contribution < -0.4 is 0 Å². The largest absolute Gasteiger partial charge is 0.342 e. The van der Waals surface area contributed by atoms with Crippen LogP contribution in [-0.4, -0.2) is 52.8 Å². The Morgan fingerprint density at radius 1 is 1.09 bits per heavy atom. The number of carbonyl (C=O) groups excluding carboxylic acids is 2. The van der Waals surface area contributed by atoms with Crippen molar-refractivity contribution in [3.05, 3.63) is 29.6 Å². The van der Waals surface area contributed by atoms with Crippen LogP contribution in [0.25, 0.3) is 0 Å². The zero-order valence-electron chi connectivity index (χ0n) is 13.1. The predicted molar refractivity (Wildman–Crippen MR) is 83.6 cm³/mol. The van der Waals surface area contributed by atoms with Gasteiger partial charge in [-0.05, 0) is 37.8 Å². The average molecular weight is 301 g/mol. The van der Waals surface area contributed by atoms with Gasteiger partial charge in [0.1, 0.15) is 0 Å². The van der Waals surface area contributed by atoms with Crippen LogP contribution in [0.3, 0.4) is 0 Å². The predicted octanol–water partition coefficient (Wildman–Crippen LogP) is 2.04. The van der Waals surface area contributed by atoms with Crippen LogP contribution in [0, 0.1) is 0 Å². The number of pyridine rings is 1. The van der Waals surface area contributed by atoms with E-state index in [4.69, 9.17) is 0 Å². The molecule has 5 nitrogen and oxygen atoms in total. The van der Waals surface area contributed by atoms with Crippen LogP contribution in [0.4, 0.5) is 0 Å². The second kappa shape index (κ2) is 6.46. The van der Waals surface area contributed by atoms with Crippen LogP contribution in [0.2, 0.25) is 0 Å². The maximum Gasteiger partial charge on any atom is 0.255 e. The van der Waals surface area contributed by atoms with E-state index in [1.807, 2.05) is 21.9 Å². The topological polar surface area (TPSA) is 53.5 Å². The van der Waals surface area contributed by atoms with Crippen LogP contribution in [0.5, 0.6) is 0 Å². The molecule has 0 bridgehead atoms. The van der Waals surface area contributed by atoms with E-state index in [1.165, 1.54) is 0 Å². The summed E-state index contributed by atoms with van der Waals surface area (Å²) in [5.74, 6) is 0.504. The van der Waals surface area contributed by atoms with Crippen molar-refractivity contribution in [2.75, 3.05) is 26.2 Å². The molecule has 3 rings (SSSR count). The van der Waals surface area contributed by atoms with E-state index in [9.17, 15) is 9.59 Å². The van der Waals surface area contributed by atoms with Crippen molar-refractivity contribution >= 4 is 11.8 Å². The van der Waals surface area contributed by atoms with Gasteiger partial charge >= 0.3 is 0 Å². The van der Waals surface area contributed by atoms with Gasteiger partial charge in [0.2, 0.25) is 5.91 Å². The molecule has 0 aliphatic carbocycles. The summed E-state index contributed by atoms with van der Waals surface area (Å²) < 4.78 is 0. The van der Waals surface area contributed by atoms with Gasteiger partial charge in [-0.15, -0.1) is 0 Å². The molecule has 118 valence electrons. The Labute approximate surface area is 131 Å². The maximum atomic E-state index is 12.3. The molecule has 2 aliphatic rings. The van der Waals surface area contributed by atoms with Gasteiger partial charge in [-0.3, -0.25) is 14.6 Å². The number of nitrogens with zero attached hydrogens (tertiary/aromatic N) is 3. The van der Waals surface area contributed by atoms with E-state index < -0.39 is 0 Å². The molecule has 2 amide bonds. The highest BCUT2D eigenvalue weighted by Gasteiger charge is 2.24. The van der Waals surface area contributed by atoms with E-state index in [-0.39, 0.29) is 17.7 Å². The smallest absolute Gasteiger partial charge is 0.255 e. The lowest BCUT2D eigenvalue weighted by Crippen LogP contribution is -2.37. The van der Waals surface area contributed by atoms with Crippen molar-refractivity contribution < 1.29 is 9.59 Å². The fourth-order valence-electron chi connectivity index (χ4n) is 3.38. The summed E-state index contributed by atoms with van der Waals surface area (Å²) in [5, 5.41) is 0. The van der Waals surface area contributed by atoms with E-state index in [2.05, 4.69) is 4.98 Å². The van der Waals surface area contributed by atoms with Crippen LogP contribution in [0.1, 0.15) is 54.6 Å². The molecule has 1 aromatic rings. The molecular weight excluding hydrogens is 278 g/mol. The summed E-state index contributed by atoms with van der Waals surface area (Å²) >= 11 is 0. The standard InChI is InChI=1S/C17H23N3O2/c1-13(21)20-10-4-5-15(12-20)16-7-6-14(11-18-16)17(22)19-8-2-3-9-19/h6-7,11,15H,2-5,8-10,12H2,1H3. The van der Waals surface area contributed by atoms with Crippen LogP contribution in [-0.2, 0) is 4.79 Å². The highest BCUT2D eigenvalue weighted by atomic mass is 16.2. The van der Waals surface area contributed by atoms with Crippen molar-refractivity contribution in [1.29, 1.82) is 0 Å². The summed E-state index contributed by atoms with van der Waals surface area (Å²) in [6, 6.07) is 3.84. The van der Waals surface area contributed by atoms with Gasteiger partial charge in [-0.1, -0.05) is 0 Å². The molecule has 0 N–H and O–H groups in total. The highest BCUT2D eigenvalue weighted by Crippen LogP contribution is 2.26. The van der Waals surface area contributed by atoms with Gasteiger partial charge in [-0.25, -0.2) is 0 Å². The molecule has 2 aliphatic heterocycles. The fourth-order valence-corrected chi connectivity index (χ4v) is 3.38. The van der Waals surface area contributed by atoms with Crippen molar-refractivity contribution in [2.24, 2.45) is 0 Å². The lowest BCUT2D eigenvalue weighted by Gasteiger charge is -2.31. The summed E-state index contributed by atoms with van der Waals surface area (Å²) in [6.07, 6.45) is 5.96. The lowest BCUT2D eigenvalue weighted by atomic mass is 9.94. The molecule has 22 heavy (non-hydrogen) atoms. The summed E-state index contributed by atoms with van der Waals surface area (Å²) in [4.78, 5) is 32.1. The Hall–Kier alpha value is -1.91. The molecule has 1 atom stereocenters. The highest BCUT2D eigenvalue weighted by molar-refractivity contribution is 5.94. The third-order valence-electron chi connectivity index (χ3n) is 4.71. The van der Waals surface area contributed by atoms with Crippen LogP contribution in [0.15, 0.2) is 18.3 Å². The fraction of sp³-hybridized carbons (Fsp3) is 0.588. The molecule has 2 saturated heterocycles. The summed E-state index contributed by atoms with van der Waals surface area (Å²) in [7, 11) is 0. The van der Waals surface area contributed by atoms with E-state index in [1.54, 1.807) is 13.1 Å².